The van der Waals surface area contributed by atoms with E-state index in [0.717, 1.165) is 29.7 Å². The maximum absolute atomic E-state index is 13.7. The number of anilines is 1. The van der Waals surface area contributed by atoms with E-state index in [9.17, 15) is 14.0 Å². The Morgan fingerprint density at radius 3 is 2.85 bits per heavy atom. The molecule has 0 saturated heterocycles. The first-order valence-corrected chi connectivity index (χ1v) is 9.86. The molecule has 0 aliphatic carbocycles. The van der Waals surface area contributed by atoms with Gasteiger partial charge in [0.05, 0.1) is 0 Å². The summed E-state index contributed by atoms with van der Waals surface area (Å²) in [7, 11) is 0. The number of fused-ring (bicyclic) bond motifs is 1. The lowest BCUT2D eigenvalue weighted by Gasteiger charge is -2.31. The zero-order chi connectivity index (χ0) is 18.8. The van der Waals surface area contributed by atoms with Crippen LogP contribution in [-0.4, -0.2) is 28.7 Å². The minimum atomic E-state index is -0.266. The van der Waals surface area contributed by atoms with Crippen LogP contribution in [0.5, 0.6) is 0 Å². The Balaban J connectivity index is 1.80. The highest BCUT2D eigenvalue weighted by atomic mass is 32.2. The molecule has 0 bridgehead atoms. The van der Waals surface area contributed by atoms with Gasteiger partial charge >= 0.3 is 0 Å². The summed E-state index contributed by atoms with van der Waals surface area (Å²) in [4.78, 5) is 33.8. The number of nitrogens with zero attached hydrogens (tertiary/aromatic N) is 2. The van der Waals surface area contributed by atoms with E-state index in [4.69, 9.17) is 0 Å². The van der Waals surface area contributed by atoms with Crippen LogP contribution in [-0.2, 0) is 17.6 Å². The van der Waals surface area contributed by atoms with Gasteiger partial charge in [0.25, 0.3) is 5.56 Å². The van der Waals surface area contributed by atoms with Crippen molar-refractivity contribution in [2.75, 3.05) is 17.7 Å². The minimum absolute atomic E-state index is 0.0478. The molecule has 5 nitrogen and oxygen atoms in total. The Morgan fingerprint density at radius 2 is 2.15 bits per heavy atom. The van der Waals surface area contributed by atoms with Crippen molar-refractivity contribution < 1.29 is 9.18 Å². The first kappa shape index (κ1) is 18.6. The first-order valence-electron chi connectivity index (χ1n) is 8.64. The summed E-state index contributed by atoms with van der Waals surface area (Å²) >= 11 is 1.38. The molecule has 0 unspecified atom stereocenters. The summed E-state index contributed by atoms with van der Waals surface area (Å²) in [5.41, 5.74) is 3.48. The van der Waals surface area contributed by atoms with Crippen molar-refractivity contribution in [2.24, 2.45) is 0 Å². The smallest absolute Gasteiger partial charge is 0.254 e. The highest BCUT2D eigenvalue weighted by Gasteiger charge is 2.25. The number of benzene rings is 1. The van der Waals surface area contributed by atoms with Gasteiger partial charge in [-0.05, 0) is 62.6 Å². The number of hydrogen-bond acceptors (Lipinski definition) is 4. The zero-order valence-corrected chi connectivity index (χ0v) is 16.0. The molecule has 7 heteroatoms. The van der Waals surface area contributed by atoms with Gasteiger partial charge in [0.15, 0.2) is 5.16 Å². The third kappa shape index (κ3) is 3.67. The van der Waals surface area contributed by atoms with Crippen molar-refractivity contribution in [3.8, 4) is 0 Å². The summed E-state index contributed by atoms with van der Waals surface area (Å²) in [6, 6.07) is 2.98. The van der Waals surface area contributed by atoms with Crippen molar-refractivity contribution in [1.29, 1.82) is 0 Å². The second kappa shape index (κ2) is 7.61. The number of carbonyl (C=O) groups excluding carboxylic acids is 1. The van der Waals surface area contributed by atoms with Crippen molar-refractivity contribution in [1.82, 2.24) is 9.97 Å². The van der Waals surface area contributed by atoms with Gasteiger partial charge in [-0.1, -0.05) is 11.8 Å². The fourth-order valence-electron chi connectivity index (χ4n) is 3.51. The number of carbonyl (C=O) groups is 1. The molecule has 0 spiro atoms. The number of thioether (sulfide) groups is 1. The third-order valence-electron chi connectivity index (χ3n) is 4.73. The monoisotopic (exact) mass is 375 g/mol. The number of aromatic amines is 1. The molecule has 138 valence electrons. The second-order valence-electron chi connectivity index (χ2n) is 6.52. The molecule has 1 amide bonds. The molecule has 1 aliphatic heterocycles. The largest absolute Gasteiger partial charge is 0.312 e. The highest BCUT2D eigenvalue weighted by molar-refractivity contribution is 7.98. The first-order chi connectivity index (χ1) is 12.4. The van der Waals surface area contributed by atoms with E-state index >= 15 is 0 Å². The van der Waals surface area contributed by atoms with Crippen LogP contribution in [0.4, 0.5) is 10.1 Å². The van der Waals surface area contributed by atoms with Crippen LogP contribution in [0.25, 0.3) is 0 Å². The van der Waals surface area contributed by atoms with Crippen molar-refractivity contribution in [2.45, 2.75) is 44.7 Å². The van der Waals surface area contributed by atoms with E-state index in [1.807, 2.05) is 13.2 Å². The fourth-order valence-corrected chi connectivity index (χ4v) is 3.94. The van der Waals surface area contributed by atoms with E-state index in [0.29, 0.717) is 29.4 Å². The molecule has 1 aromatic heterocycles. The molecular weight excluding hydrogens is 353 g/mol. The van der Waals surface area contributed by atoms with Crippen LogP contribution in [0.1, 0.15) is 35.2 Å². The van der Waals surface area contributed by atoms with Crippen molar-refractivity contribution in [3.63, 3.8) is 0 Å². The molecule has 0 atom stereocenters. The number of halogens is 1. The summed E-state index contributed by atoms with van der Waals surface area (Å²) < 4.78 is 13.7. The van der Waals surface area contributed by atoms with Crippen molar-refractivity contribution in [3.05, 3.63) is 50.7 Å². The number of hydrogen-bond donors (Lipinski definition) is 1. The van der Waals surface area contributed by atoms with Crippen LogP contribution < -0.4 is 10.5 Å². The van der Waals surface area contributed by atoms with Gasteiger partial charge in [-0.15, -0.1) is 0 Å². The zero-order valence-electron chi connectivity index (χ0n) is 15.2. The van der Waals surface area contributed by atoms with Gasteiger partial charge in [-0.3, -0.25) is 9.59 Å². The van der Waals surface area contributed by atoms with E-state index in [1.165, 1.54) is 23.9 Å². The maximum Gasteiger partial charge on any atom is 0.254 e. The number of amides is 1. The molecule has 1 aliphatic rings. The standard InChI is InChI=1S/C19H22FN3O2S/c1-11-9-14(20)10-13-5-4-8-23(17(11)13)16(24)7-6-15-12(2)21-19(26-3)22-18(15)25/h9-10H,4-8H2,1-3H3,(H,21,22,25). The van der Waals surface area contributed by atoms with Crippen molar-refractivity contribution >= 4 is 23.4 Å². The Bertz CT molecular complexity index is 910. The lowest BCUT2D eigenvalue weighted by Crippen LogP contribution is -2.36. The van der Waals surface area contributed by atoms with E-state index in [-0.39, 0.29) is 23.7 Å². The molecule has 2 heterocycles. The lowest BCUT2D eigenvalue weighted by atomic mass is 9.97. The Kier molecular flexibility index (Phi) is 5.46. The van der Waals surface area contributed by atoms with Crippen LogP contribution in [0.3, 0.4) is 0 Å². The average molecular weight is 375 g/mol. The molecule has 26 heavy (non-hydrogen) atoms. The molecule has 1 N–H and O–H groups in total. The number of aryl methyl sites for hydroxylation is 3. The Labute approximate surface area is 156 Å². The van der Waals surface area contributed by atoms with Gasteiger partial charge in [-0.2, -0.15) is 0 Å². The predicted octanol–water partition coefficient (Wildman–Crippen LogP) is 3.16. The molecule has 1 aromatic carbocycles. The van der Waals surface area contributed by atoms with Crippen LogP contribution >= 0.6 is 11.8 Å². The summed E-state index contributed by atoms with van der Waals surface area (Å²) in [6.45, 7) is 4.24. The molecule has 0 radical (unpaired) electrons. The van der Waals surface area contributed by atoms with Crippen LogP contribution in [0.15, 0.2) is 22.1 Å². The predicted molar refractivity (Wildman–Crippen MR) is 102 cm³/mol. The van der Waals surface area contributed by atoms with Gasteiger partial charge < -0.3 is 9.88 Å². The third-order valence-corrected chi connectivity index (χ3v) is 5.31. The van der Waals surface area contributed by atoms with Gasteiger partial charge in [0.2, 0.25) is 5.91 Å². The second-order valence-corrected chi connectivity index (χ2v) is 7.31. The lowest BCUT2D eigenvalue weighted by molar-refractivity contribution is -0.118. The van der Waals surface area contributed by atoms with E-state index < -0.39 is 0 Å². The normalized spacial score (nSPS) is 13.6. The average Bonchev–Trinajstić information content (AvgIpc) is 2.59. The summed E-state index contributed by atoms with van der Waals surface area (Å²) in [6.07, 6.45) is 4.00. The molecular formula is C19H22FN3O2S. The van der Waals surface area contributed by atoms with Gasteiger partial charge in [-0.25, -0.2) is 9.37 Å². The Morgan fingerprint density at radius 1 is 1.38 bits per heavy atom. The number of aromatic nitrogens is 2. The highest BCUT2D eigenvalue weighted by Crippen LogP contribution is 2.32. The van der Waals surface area contributed by atoms with Gasteiger partial charge in [0.1, 0.15) is 5.82 Å². The SMILES string of the molecule is CSc1nc(C)c(CCC(=O)N2CCCc3cc(F)cc(C)c32)c(=O)[nH]1. The number of H-pyrrole nitrogens is 1. The molecule has 3 rings (SSSR count). The van der Waals surface area contributed by atoms with Gasteiger partial charge in [0, 0.05) is 29.9 Å². The van der Waals surface area contributed by atoms with E-state index in [1.54, 1.807) is 11.8 Å². The Hall–Kier alpha value is -2.15. The van der Waals surface area contributed by atoms with Crippen LogP contribution in [0, 0.1) is 19.7 Å². The van der Waals surface area contributed by atoms with Crippen LogP contribution in [0.2, 0.25) is 0 Å². The fraction of sp³-hybridized carbons (Fsp3) is 0.421. The maximum atomic E-state index is 13.7. The summed E-state index contributed by atoms with van der Waals surface area (Å²) in [5, 5.41) is 0.574. The molecule has 0 fully saturated rings. The number of rotatable bonds is 4. The van der Waals surface area contributed by atoms with E-state index in [2.05, 4.69) is 9.97 Å². The quantitative estimate of drug-likeness (QED) is 0.658. The molecule has 2 aromatic rings. The topological polar surface area (TPSA) is 66.1 Å². The minimum Gasteiger partial charge on any atom is -0.312 e. The molecule has 0 saturated carbocycles. The summed E-state index contributed by atoms with van der Waals surface area (Å²) in [5.74, 6) is -0.314. The number of nitrogens with one attached hydrogen (secondary N) is 1.